The molecule has 158 valence electrons. The summed E-state index contributed by atoms with van der Waals surface area (Å²) in [6, 6.07) is 8.25. The normalized spacial score (nSPS) is 20.6. The summed E-state index contributed by atoms with van der Waals surface area (Å²) in [5.41, 5.74) is 1.43. The van der Waals surface area contributed by atoms with Crippen LogP contribution < -0.4 is 14.8 Å². The van der Waals surface area contributed by atoms with E-state index in [4.69, 9.17) is 14.7 Å². The van der Waals surface area contributed by atoms with Crippen LogP contribution in [0.15, 0.2) is 24.3 Å². The van der Waals surface area contributed by atoms with Crippen molar-refractivity contribution in [2.75, 3.05) is 13.2 Å². The Hall–Kier alpha value is -3.26. The second kappa shape index (κ2) is 7.87. The van der Waals surface area contributed by atoms with Crippen LogP contribution in [0.1, 0.15) is 28.0 Å². The first-order chi connectivity index (χ1) is 14.3. The first-order valence-corrected chi connectivity index (χ1v) is 9.22. The van der Waals surface area contributed by atoms with Gasteiger partial charge in [0, 0.05) is 12.6 Å². The van der Waals surface area contributed by atoms with Gasteiger partial charge in [0.1, 0.15) is 25.1 Å². The number of halogens is 3. The molecule has 0 fully saturated rings. The number of carbonyl (C=O) groups excluding carboxylic acids is 1. The number of nitriles is 1. The smallest absolute Gasteiger partial charge is 0.491 e. The van der Waals surface area contributed by atoms with Gasteiger partial charge in [0.15, 0.2) is 5.69 Å². The number of aryl methyl sites for hydroxylation is 1. The number of alkyl halides is 3. The van der Waals surface area contributed by atoms with Crippen molar-refractivity contribution in [1.29, 1.82) is 5.26 Å². The largest absolute Gasteiger partial charge is 0.522 e. The van der Waals surface area contributed by atoms with Crippen molar-refractivity contribution < 1.29 is 32.2 Å². The van der Waals surface area contributed by atoms with Crippen LogP contribution in [0.3, 0.4) is 0 Å². The Morgan fingerprint density at radius 2 is 2.13 bits per heavy atom. The van der Waals surface area contributed by atoms with E-state index in [2.05, 4.69) is 21.2 Å². The Morgan fingerprint density at radius 1 is 1.30 bits per heavy atom. The molecule has 1 aromatic heterocycles. The van der Waals surface area contributed by atoms with Gasteiger partial charge in [0.05, 0.1) is 17.7 Å². The molecular weight excluding hydrogens is 405 g/mol. The number of nitrogens with one attached hydrogen (secondary N) is 1. The summed E-state index contributed by atoms with van der Waals surface area (Å²) in [5.74, 6) is 0.435. The zero-order valence-corrected chi connectivity index (χ0v) is 15.6. The van der Waals surface area contributed by atoms with Crippen LogP contribution in [-0.2, 0) is 17.7 Å². The van der Waals surface area contributed by atoms with Crippen molar-refractivity contribution in [2.45, 2.75) is 37.9 Å². The molecule has 1 N–H and O–H groups in total. The highest BCUT2D eigenvalue weighted by atomic mass is 19.4. The molecule has 2 aliphatic heterocycles. The first kappa shape index (κ1) is 20.0. The number of hydrogen-bond acceptors (Lipinski definition) is 6. The Labute approximate surface area is 169 Å². The highest BCUT2D eigenvalue weighted by Gasteiger charge is 2.35. The van der Waals surface area contributed by atoms with Gasteiger partial charge < -0.3 is 14.8 Å². The summed E-state index contributed by atoms with van der Waals surface area (Å²) in [4.78, 5) is 12.6. The third kappa shape index (κ3) is 4.49. The van der Waals surface area contributed by atoms with E-state index in [1.54, 1.807) is 18.2 Å². The molecule has 1 unspecified atom stereocenters. The molecular formula is C19H17F3N4O4. The molecule has 0 saturated heterocycles. The summed E-state index contributed by atoms with van der Waals surface area (Å²) in [5, 5.41) is 16.0. The van der Waals surface area contributed by atoms with Crippen molar-refractivity contribution in [3.8, 4) is 17.7 Å². The fraction of sp³-hybridized carbons (Fsp3) is 0.421. The minimum Gasteiger partial charge on any atom is -0.491 e. The lowest BCUT2D eigenvalue weighted by Gasteiger charge is -2.26. The van der Waals surface area contributed by atoms with Crippen LogP contribution in [-0.4, -0.2) is 47.4 Å². The molecule has 4 rings (SSSR count). The minimum atomic E-state index is -4.74. The van der Waals surface area contributed by atoms with Crippen LogP contribution in [0.2, 0.25) is 0 Å². The van der Waals surface area contributed by atoms with Gasteiger partial charge in [-0.3, -0.25) is 9.53 Å². The second-order valence-electron chi connectivity index (χ2n) is 7.00. The van der Waals surface area contributed by atoms with E-state index in [0.29, 0.717) is 17.7 Å². The molecule has 2 aromatic rings. The number of hydrogen-bond donors (Lipinski definition) is 1. The van der Waals surface area contributed by atoms with Crippen LogP contribution >= 0.6 is 0 Å². The predicted molar refractivity (Wildman–Crippen MR) is 94.9 cm³/mol. The average Bonchev–Trinajstić information content (AvgIpc) is 3.03. The van der Waals surface area contributed by atoms with Gasteiger partial charge in [-0.2, -0.15) is 10.4 Å². The fourth-order valence-corrected chi connectivity index (χ4v) is 3.41. The van der Waals surface area contributed by atoms with Crippen molar-refractivity contribution >= 4 is 5.91 Å². The quantitative estimate of drug-likeness (QED) is 0.814. The Bertz CT molecular complexity index is 973. The number of nitrogens with zero attached hydrogens (tertiary/aromatic N) is 3. The standard InChI is InChI=1S/C19H17F3N4O4/c20-19(21,22)30-14-3-4-26-17(29-10-14)7-15(25-26)18(27)24-13-6-12-5-11(8-23)1-2-16(12)28-9-13/h1-2,5,7,13-14H,3-4,6,9-10H2,(H,24,27)/t13-,14?/m1/s1. The molecule has 30 heavy (non-hydrogen) atoms. The first-order valence-electron chi connectivity index (χ1n) is 9.22. The van der Waals surface area contributed by atoms with Crippen LogP contribution in [0, 0.1) is 11.3 Å². The van der Waals surface area contributed by atoms with Crippen molar-refractivity contribution in [2.24, 2.45) is 0 Å². The number of rotatable bonds is 3. The number of ether oxygens (including phenoxy) is 3. The second-order valence-corrected chi connectivity index (χ2v) is 7.00. The van der Waals surface area contributed by atoms with E-state index < -0.39 is 18.4 Å². The van der Waals surface area contributed by atoms with Gasteiger partial charge in [-0.1, -0.05) is 0 Å². The number of fused-ring (bicyclic) bond motifs is 2. The number of benzene rings is 1. The van der Waals surface area contributed by atoms with Gasteiger partial charge in [0.25, 0.3) is 5.91 Å². The molecule has 1 aromatic carbocycles. The molecule has 0 aliphatic carbocycles. The molecule has 2 aliphatic rings. The van der Waals surface area contributed by atoms with E-state index in [1.807, 2.05) is 0 Å². The maximum Gasteiger partial charge on any atom is 0.522 e. The van der Waals surface area contributed by atoms with E-state index in [-0.39, 0.29) is 43.8 Å². The highest BCUT2D eigenvalue weighted by Crippen LogP contribution is 2.27. The lowest BCUT2D eigenvalue weighted by atomic mass is 10.0. The summed E-state index contributed by atoms with van der Waals surface area (Å²) in [6.07, 6.45) is -5.33. The summed E-state index contributed by atoms with van der Waals surface area (Å²) in [6.45, 7) is 0.103. The predicted octanol–water partition coefficient (Wildman–Crippen LogP) is 2.18. The molecule has 8 nitrogen and oxygen atoms in total. The van der Waals surface area contributed by atoms with Crippen molar-refractivity contribution in [1.82, 2.24) is 15.1 Å². The van der Waals surface area contributed by atoms with Crippen LogP contribution in [0.4, 0.5) is 13.2 Å². The number of amides is 1. The summed E-state index contributed by atoms with van der Waals surface area (Å²) >= 11 is 0. The third-order valence-electron chi connectivity index (χ3n) is 4.79. The molecule has 1 amide bonds. The zero-order chi connectivity index (χ0) is 21.3. The summed E-state index contributed by atoms with van der Waals surface area (Å²) < 4.78 is 53.5. The van der Waals surface area contributed by atoms with Gasteiger partial charge in [-0.25, -0.2) is 4.68 Å². The SMILES string of the molecule is N#Cc1ccc2c(c1)C[C@@H](NC(=O)c1cc3n(n1)CCC(OC(F)(F)F)CO3)CO2. The van der Waals surface area contributed by atoms with Crippen LogP contribution in [0.25, 0.3) is 0 Å². The lowest BCUT2D eigenvalue weighted by molar-refractivity contribution is -0.345. The fourth-order valence-electron chi connectivity index (χ4n) is 3.41. The number of carbonyl (C=O) groups is 1. The van der Waals surface area contributed by atoms with Gasteiger partial charge >= 0.3 is 6.36 Å². The Kier molecular flexibility index (Phi) is 5.26. The molecule has 3 heterocycles. The molecule has 0 saturated carbocycles. The molecule has 0 bridgehead atoms. The Balaban J connectivity index is 1.38. The van der Waals surface area contributed by atoms with E-state index >= 15 is 0 Å². The number of aromatic nitrogens is 2. The highest BCUT2D eigenvalue weighted by molar-refractivity contribution is 5.92. The topological polar surface area (TPSA) is 98.4 Å². The minimum absolute atomic E-state index is 0.0454. The van der Waals surface area contributed by atoms with E-state index in [0.717, 1.165) is 5.56 Å². The lowest BCUT2D eigenvalue weighted by Crippen LogP contribution is -2.42. The third-order valence-corrected chi connectivity index (χ3v) is 4.79. The van der Waals surface area contributed by atoms with Crippen molar-refractivity contribution in [3.63, 3.8) is 0 Å². The monoisotopic (exact) mass is 422 g/mol. The molecule has 11 heteroatoms. The molecule has 2 atom stereocenters. The Morgan fingerprint density at radius 3 is 2.90 bits per heavy atom. The molecule has 0 radical (unpaired) electrons. The maximum atomic E-state index is 12.6. The van der Waals surface area contributed by atoms with E-state index in [9.17, 15) is 18.0 Å². The maximum absolute atomic E-state index is 12.6. The zero-order valence-electron chi connectivity index (χ0n) is 15.6. The van der Waals surface area contributed by atoms with E-state index in [1.165, 1.54) is 10.7 Å². The summed E-state index contributed by atoms with van der Waals surface area (Å²) in [7, 11) is 0. The van der Waals surface area contributed by atoms with Gasteiger partial charge in [0.2, 0.25) is 5.88 Å². The van der Waals surface area contributed by atoms with Gasteiger partial charge in [-0.05, 0) is 36.6 Å². The molecule has 0 spiro atoms. The van der Waals surface area contributed by atoms with Crippen LogP contribution in [0.5, 0.6) is 11.6 Å². The van der Waals surface area contributed by atoms with Crippen molar-refractivity contribution in [3.05, 3.63) is 41.1 Å². The van der Waals surface area contributed by atoms with Gasteiger partial charge in [-0.15, -0.1) is 13.2 Å². The average molecular weight is 422 g/mol.